The van der Waals surface area contributed by atoms with E-state index in [1.54, 1.807) is 45.2 Å². The highest BCUT2D eigenvalue weighted by atomic mass is 19.4. The van der Waals surface area contributed by atoms with Crippen molar-refractivity contribution in [3.63, 3.8) is 0 Å². The summed E-state index contributed by atoms with van der Waals surface area (Å²) in [5, 5.41) is 0. The molecule has 38 heavy (non-hydrogen) atoms. The lowest BCUT2D eigenvalue weighted by molar-refractivity contribution is -0.274. The van der Waals surface area contributed by atoms with Crippen LogP contribution in [0.1, 0.15) is 37.6 Å². The van der Waals surface area contributed by atoms with Gasteiger partial charge in [-0.2, -0.15) is 0 Å². The zero-order valence-corrected chi connectivity index (χ0v) is 21.7. The molecule has 0 N–H and O–H groups in total. The van der Waals surface area contributed by atoms with Crippen molar-refractivity contribution in [3.8, 4) is 28.6 Å². The minimum atomic E-state index is -4.77. The van der Waals surface area contributed by atoms with Crippen molar-refractivity contribution in [1.82, 2.24) is 9.97 Å². The third-order valence-corrected chi connectivity index (χ3v) is 5.25. The predicted octanol–water partition coefficient (Wildman–Crippen LogP) is 5.80. The summed E-state index contributed by atoms with van der Waals surface area (Å²) in [6.07, 6.45) is -3.18. The Morgan fingerprint density at radius 3 is 2.26 bits per heavy atom. The number of ether oxygens (including phenoxy) is 5. The van der Waals surface area contributed by atoms with Crippen LogP contribution in [-0.2, 0) is 27.5 Å². The summed E-state index contributed by atoms with van der Waals surface area (Å²) >= 11 is 0. The van der Waals surface area contributed by atoms with Crippen LogP contribution in [0.15, 0.2) is 48.7 Å². The molecular weight excluding hydrogens is 505 g/mol. The third-order valence-electron chi connectivity index (χ3n) is 5.25. The molecule has 204 valence electrons. The van der Waals surface area contributed by atoms with Crippen molar-refractivity contribution < 1.29 is 41.7 Å². The summed E-state index contributed by atoms with van der Waals surface area (Å²) in [7, 11) is 1.52. The molecule has 1 aromatic heterocycles. The number of rotatable bonds is 11. The Balaban J connectivity index is 1.71. The van der Waals surface area contributed by atoms with E-state index in [4.69, 9.17) is 18.9 Å². The number of alkyl halides is 3. The Morgan fingerprint density at radius 1 is 0.974 bits per heavy atom. The zero-order valence-electron chi connectivity index (χ0n) is 21.7. The van der Waals surface area contributed by atoms with Crippen LogP contribution in [0.3, 0.4) is 0 Å². The van der Waals surface area contributed by atoms with Crippen molar-refractivity contribution in [2.45, 2.75) is 52.9 Å². The number of aryl methyl sites for hydroxylation is 1. The average Bonchev–Trinajstić information content (AvgIpc) is 2.84. The summed E-state index contributed by atoms with van der Waals surface area (Å²) in [5.41, 5.74) is 1.38. The highest BCUT2D eigenvalue weighted by Crippen LogP contribution is 2.29. The molecule has 3 aromatic rings. The van der Waals surface area contributed by atoms with Gasteiger partial charge < -0.3 is 23.7 Å². The van der Waals surface area contributed by atoms with E-state index in [0.717, 1.165) is 5.56 Å². The Morgan fingerprint density at radius 2 is 1.66 bits per heavy atom. The minimum Gasteiger partial charge on any atom is -0.489 e. The van der Waals surface area contributed by atoms with Crippen LogP contribution in [-0.4, -0.2) is 41.6 Å². The van der Waals surface area contributed by atoms with E-state index in [1.165, 1.54) is 31.4 Å². The largest absolute Gasteiger partial charge is 0.573 e. The van der Waals surface area contributed by atoms with Crippen LogP contribution in [0.5, 0.6) is 17.2 Å². The standard InChI is InChI=1S/C27H29F3N2O6/c1-6-35-25(33)26(3,4)38-23-12-11-21(13-17(23)2)36-15-19-14-31-24(32-22(19)16-34-5)18-7-9-20(10-8-18)37-27(28,29)30/h7-14H,6,15-16H2,1-5H3. The first-order valence-corrected chi connectivity index (χ1v) is 11.7. The average molecular weight is 535 g/mol. The van der Waals surface area contributed by atoms with Crippen LogP contribution < -0.4 is 14.2 Å². The van der Waals surface area contributed by atoms with Gasteiger partial charge in [-0.25, -0.2) is 14.8 Å². The first kappa shape index (κ1) is 28.7. The molecule has 0 aliphatic rings. The number of hydrogen-bond donors (Lipinski definition) is 0. The molecule has 0 aliphatic heterocycles. The summed E-state index contributed by atoms with van der Waals surface area (Å²) in [6.45, 7) is 7.43. The van der Waals surface area contributed by atoms with E-state index in [0.29, 0.717) is 34.1 Å². The summed E-state index contributed by atoms with van der Waals surface area (Å²) < 4.78 is 63.3. The maximum absolute atomic E-state index is 12.4. The van der Waals surface area contributed by atoms with Gasteiger partial charge in [0.15, 0.2) is 11.4 Å². The third kappa shape index (κ3) is 7.82. The fraction of sp³-hybridized carbons (Fsp3) is 0.370. The quantitative estimate of drug-likeness (QED) is 0.286. The van der Waals surface area contributed by atoms with Crippen molar-refractivity contribution in [1.29, 1.82) is 0 Å². The smallest absolute Gasteiger partial charge is 0.489 e. The molecule has 1 heterocycles. The minimum absolute atomic E-state index is 0.144. The van der Waals surface area contributed by atoms with Crippen molar-refractivity contribution in [2.75, 3.05) is 13.7 Å². The predicted molar refractivity (Wildman–Crippen MR) is 132 cm³/mol. The maximum atomic E-state index is 12.4. The zero-order chi connectivity index (χ0) is 27.9. The normalized spacial score (nSPS) is 11.7. The maximum Gasteiger partial charge on any atom is 0.573 e. The molecule has 0 saturated heterocycles. The Bertz CT molecular complexity index is 1250. The second-order valence-corrected chi connectivity index (χ2v) is 8.72. The molecule has 0 atom stereocenters. The lowest BCUT2D eigenvalue weighted by atomic mass is 10.1. The lowest BCUT2D eigenvalue weighted by Crippen LogP contribution is -2.39. The number of aromatic nitrogens is 2. The molecule has 2 aromatic carbocycles. The highest BCUT2D eigenvalue weighted by molar-refractivity contribution is 5.79. The van der Waals surface area contributed by atoms with E-state index in [9.17, 15) is 18.0 Å². The summed E-state index contributed by atoms with van der Waals surface area (Å²) in [6, 6.07) is 10.5. The van der Waals surface area contributed by atoms with E-state index in [1.807, 2.05) is 6.92 Å². The number of benzene rings is 2. The van der Waals surface area contributed by atoms with Gasteiger partial charge in [0.1, 0.15) is 23.9 Å². The second kappa shape index (κ2) is 12.1. The molecule has 11 heteroatoms. The van der Waals surface area contributed by atoms with Crippen LogP contribution in [0, 0.1) is 6.92 Å². The Kier molecular flexibility index (Phi) is 9.16. The van der Waals surface area contributed by atoms with Gasteiger partial charge in [0.05, 0.1) is 18.9 Å². The van der Waals surface area contributed by atoms with Gasteiger partial charge in [-0.15, -0.1) is 13.2 Å². The first-order valence-electron chi connectivity index (χ1n) is 11.7. The van der Waals surface area contributed by atoms with Gasteiger partial charge >= 0.3 is 12.3 Å². The molecule has 0 unspecified atom stereocenters. The van der Waals surface area contributed by atoms with Gasteiger partial charge in [0, 0.05) is 24.4 Å². The Hall–Kier alpha value is -3.86. The fourth-order valence-corrected chi connectivity index (χ4v) is 3.38. The van der Waals surface area contributed by atoms with Crippen molar-refractivity contribution >= 4 is 5.97 Å². The summed E-state index contributed by atoms with van der Waals surface area (Å²) in [5.74, 6) is 0.617. The SMILES string of the molecule is CCOC(=O)C(C)(C)Oc1ccc(OCc2cnc(-c3ccc(OC(F)(F)F)cc3)nc2COC)cc1C. The molecule has 0 spiro atoms. The number of carbonyl (C=O) groups is 1. The molecule has 0 bridgehead atoms. The summed E-state index contributed by atoms with van der Waals surface area (Å²) in [4.78, 5) is 21.0. The van der Waals surface area contributed by atoms with Gasteiger partial charge in [0.25, 0.3) is 0 Å². The number of carbonyl (C=O) groups excluding carboxylic acids is 1. The number of methoxy groups -OCH3 is 1. The van der Waals surface area contributed by atoms with Gasteiger partial charge in [-0.05, 0) is 75.7 Å². The van der Waals surface area contributed by atoms with Gasteiger partial charge in [-0.3, -0.25) is 0 Å². The van der Waals surface area contributed by atoms with E-state index < -0.39 is 17.9 Å². The molecular formula is C27H29F3N2O6. The topological polar surface area (TPSA) is 89.0 Å². The highest BCUT2D eigenvalue weighted by Gasteiger charge is 2.32. The lowest BCUT2D eigenvalue weighted by Gasteiger charge is -2.25. The van der Waals surface area contributed by atoms with Crippen LogP contribution >= 0.6 is 0 Å². The number of halogens is 3. The van der Waals surface area contributed by atoms with E-state index in [2.05, 4.69) is 14.7 Å². The molecule has 0 radical (unpaired) electrons. The number of hydrogen-bond acceptors (Lipinski definition) is 8. The van der Waals surface area contributed by atoms with Crippen LogP contribution in [0.25, 0.3) is 11.4 Å². The fourth-order valence-electron chi connectivity index (χ4n) is 3.38. The second-order valence-electron chi connectivity index (χ2n) is 8.72. The number of esters is 1. The van der Waals surface area contributed by atoms with Gasteiger partial charge in [-0.1, -0.05) is 0 Å². The molecule has 0 fully saturated rings. The van der Waals surface area contributed by atoms with Gasteiger partial charge in [0.2, 0.25) is 0 Å². The molecule has 3 rings (SSSR count). The molecule has 0 saturated carbocycles. The monoisotopic (exact) mass is 534 g/mol. The van der Waals surface area contributed by atoms with Crippen LogP contribution in [0.2, 0.25) is 0 Å². The molecule has 8 nitrogen and oxygen atoms in total. The van der Waals surface area contributed by atoms with E-state index >= 15 is 0 Å². The molecule has 0 aliphatic carbocycles. The number of nitrogens with zero attached hydrogens (tertiary/aromatic N) is 2. The Labute approximate surface area is 218 Å². The van der Waals surface area contributed by atoms with E-state index in [-0.39, 0.29) is 25.6 Å². The van der Waals surface area contributed by atoms with Crippen molar-refractivity contribution in [3.05, 3.63) is 65.5 Å². The van der Waals surface area contributed by atoms with Crippen molar-refractivity contribution in [2.24, 2.45) is 0 Å². The van der Waals surface area contributed by atoms with Crippen LogP contribution in [0.4, 0.5) is 13.2 Å². The molecule has 0 amide bonds. The first-order chi connectivity index (χ1) is 17.9.